The number of pyridine rings is 1. The lowest BCUT2D eigenvalue weighted by molar-refractivity contribution is 1.23. The third-order valence-electron chi connectivity index (χ3n) is 8.58. The second-order valence-electron chi connectivity index (χ2n) is 11.7. The molecule has 0 amide bonds. The molecular formula is C45H34N4. The SMILES string of the molecule is c1ccc(N(c2ccccc2)c2cnc3c(N(c4ccccc4)c4ccccc4)cc(N(c4ccccc4)c4ccccc4)cc3c2)cc1. The Hall–Kier alpha value is -6.65. The highest BCUT2D eigenvalue weighted by Crippen LogP contribution is 2.45. The first kappa shape index (κ1) is 29.7. The van der Waals surface area contributed by atoms with Crippen molar-refractivity contribution in [1.82, 2.24) is 4.98 Å². The molecule has 0 saturated carbocycles. The van der Waals surface area contributed by atoms with Gasteiger partial charge in [0, 0.05) is 45.2 Å². The van der Waals surface area contributed by atoms with Crippen molar-refractivity contribution < 1.29 is 0 Å². The average Bonchev–Trinajstić information content (AvgIpc) is 3.18. The lowest BCUT2D eigenvalue weighted by Crippen LogP contribution is -2.14. The molecule has 8 aromatic rings. The molecule has 0 saturated heterocycles. The lowest BCUT2D eigenvalue weighted by atomic mass is 10.1. The maximum absolute atomic E-state index is 5.27. The molecule has 4 nitrogen and oxygen atoms in total. The summed E-state index contributed by atoms with van der Waals surface area (Å²) in [4.78, 5) is 12.1. The zero-order valence-electron chi connectivity index (χ0n) is 26.9. The van der Waals surface area contributed by atoms with Crippen LogP contribution in [-0.4, -0.2) is 4.98 Å². The van der Waals surface area contributed by atoms with E-state index in [0.717, 1.165) is 62.1 Å². The number of para-hydroxylation sites is 6. The van der Waals surface area contributed by atoms with Gasteiger partial charge in [-0.25, -0.2) is 0 Å². The van der Waals surface area contributed by atoms with Crippen molar-refractivity contribution >= 4 is 62.1 Å². The summed E-state index contributed by atoms with van der Waals surface area (Å²) in [6.45, 7) is 0. The number of rotatable bonds is 9. The van der Waals surface area contributed by atoms with Gasteiger partial charge in [0.1, 0.15) is 0 Å². The van der Waals surface area contributed by atoms with E-state index >= 15 is 0 Å². The van der Waals surface area contributed by atoms with Crippen LogP contribution in [0.4, 0.5) is 51.2 Å². The molecule has 0 bridgehead atoms. The van der Waals surface area contributed by atoms with Crippen LogP contribution in [0.1, 0.15) is 0 Å². The molecule has 0 aliphatic rings. The Bertz CT molecular complexity index is 2140. The fourth-order valence-corrected chi connectivity index (χ4v) is 6.41. The second kappa shape index (κ2) is 13.6. The number of nitrogens with zero attached hydrogens (tertiary/aromatic N) is 4. The molecule has 1 aromatic heterocycles. The van der Waals surface area contributed by atoms with E-state index in [-0.39, 0.29) is 0 Å². The zero-order chi connectivity index (χ0) is 32.8. The van der Waals surface area contributed by atoms with E-state index in [9.17, 15) is 0 Å². The minimum atomic E-state index is 0.905. The van der Waals surface area contributed by atoms with Gasteiger partial charge in [-0.1, -0.05) is 109 Å². The summed E-state index contributed by atoms with van der Waals surface area (Å²) in [7, 11) is 0. The number of anilines is 9. The van der Waals surface area contributed by atoms with Gasteiger partial charge in [0.25, 0.3) is 0 Å². The lowest BCUT2D eigenvalue weighted by Gasteiger charge is -2.31. The summed E-state index contributed by atoms with van der Waals surface area (Å²) in [5.74, 6) is 0. The first-order valence-electron chi connectivity index (χ1n) is 16.5. The van der Waals surface area contributed by atoms with Gasteiger partial charge < -0.3 is 14.7 Å². The molecule has 0 spiro atoms. The number of benzene rings is 7. The fraction of sp³-hybridized carbons (Fsp3) is 0. The molecule has 7 aromatic carbocycles. The van der Waals surface area contributed by atoms with Crippen LogP contribution in [0.15, 0.2) is 206 Å². The normalized spacial score (nSPS) is 10.9. The molecule has 4 heteroatoms. The number of hydrogen-bond donors (Lipinski definition) is 0. The zero-order valence-corrected chi connectivity index (χ0v) is 26.9. The Balaban J connectivity index is 1.42. The fourth-order valence-electron chi connectivity index (χ4n) is 6.41. The van der Waals surface area contributed by atoms with Crippen LogP contribution in [0.3, 0.4) is 0 Å². The molecule has 0 aliphatic heterocycles. The Kier molecular flexibility index (Phi) is 8.25. The van der Waals surface area contributed by atoms with Crippen molar-refractivity contribution in [3.8, 4) is 0 Å². The molecule has 0 fully saturated rings. The smallest absolute Gasteiger partial charge is 0.0945 e. The minimum absolute atomic E-state index is 0.905. The molecule has 49 heavy (non-hydrogen) atoms. The molecule has 234 valence electrons. The van der Waals surface area contributed by atoms with Crippen molar-refractivity contribution in [2.45, 2.75) is 0 Å². The summed E-state index contributed by atoms with van der Waals surface area (Å²) in [5.41, 5.74) is 10.3. The summed E-state index contributed by atoms with van der Waals surface area (Å²) in [6.07, 6.45) is 1.99. The topological polar surface area (TPSA) is 22.6 Å². The van der Waals surface area contributed by atoms with Gasteiger partial charge in [-0.2, -0.15) is 0 Å². The van der Waals surface area contributed by atoms with Crippen LogP contribution in [0.5, 0.6) is 0 Å². The first-order valence-corrected chi connectivity index (χ1v) is 16.5. The Labute approximate surface area is 287 Å². The third-order valence-corrected chi connectivity index (χ3v) is 8.58. The predicted octanol–water partition coefficient (Wildman–Crippen LogP) is 12.6. The maximum atomic E-state index is 5.27. The van der Waals surface area contributed by atoms with Gasteiger partial charge in [0.05, 0.1) is 23.1 Å². The van der Waals surface area contributed by atoms with Crippen LogP contribution in [0.2, 0.25) is 0 Å². The van der Waals surface area contributed by atoms with E-state index in [1.54, 1.807) is 0 Å². The van der Waals surface area contributed by atoms with Crippen LogP contribution in [0.25, 0.3) is 10.9 Å². The molecule has 8 rings (SSSR count). The summed E-state index contributed by atoms with van der Waals surface area (Å²) in [6, 6.07) is 69.9. The molecule has 0 radical (unpaired) electrons. The highest BCUT2D eigenvalue weighted by Gasteiger charge is 2.22. The van der Waals surface area contributed by atoms with Crippen LogP contribution in [0, 0.1) is 0 Å². The first-order chi connectivity index (χ1) is 24.3. The van der Waals surface area contributed by atoms with Gasteiger partial charge in [-0.15, -0.1) is 0 Å². The number of hydrogen-bond acceptors (Lipinski definition) is 4. The number of fused-ring (bicyclic) bond motifs is 1. The van der Waals surface area contributed by atoms with Crippen molar-refractivity contribution in [3.05, 3.63) is 206 Å². The minimum Gasteiger partial charge on any atom is -0.310 e. The van der Waals surface area contributed by atoms with Crippen LogP contribution in [-0.2, 0) is 0 Å². The average molecular weight is 631 g/mol. The Morgan fingerprint density at radius 2 is 0.592 bits per heavy atom. The van der Waals surface area contributed by atoms with E-state index in [1.165, 1.54) is 0 Å². The highest BCUT2D eigenvalue weighted by atomic mass is 15.2. The van der Waals surface area contributed by atoms with Gasteiger partial charge in [-0.05, 0) is 91.0 Å². The second-order valence-corrected chi connectivity index (χ2v) is 11.7. The molecule has 1 heterocycles. The molecule has 0 aliphatic carbocycles. The van der Waals surface area contributed by atoms with Crippen LogP contribution >= 0.6 is 0 Å². The third kappa shape index (κ3) is 6.11. The summed E-state index contributed by atoms with van der Waals surface area (Å²) in [5, 5.41) is 1.02. The summed E-state index contributed by atoms with van der Waals surface area (Å²) >= 11 is 0. The summed E-state index contributed by atoms with van der Waals surface area (Å²) < 4.78 is 0. The van der Waals surface area contributed by atoms with Crippen molar-refractivity contribution in [1.29, 1.82) is 0 Å². The largest absolute Gasteiger partial charge is 0.310 e. The van der Waals surface area contributed by atoms with Gasteiger partial charge in [0.2, 0.25) is 0 Å². The standard InChI is InChI=1S/C45H34N4/c1-7-19-36(20-8-1)47(37-21-9-2-10-22-37)42-31-35-32-43(48(38-23-11-3-12-24-38)39-25-13-4-14-26-39)34-46-45(35)44(33-42)49(40-27-15-5-16-28-40)41-29-17-6-18-30-41/h1-34H. The van der Waals surface area contributed by atoms with Crippen LogP contribution < -0.4 is 14.7 Å². The van der Waals surface area contributed by atoms with E-state index in [0.29, 0.717) is 0 Å². The van der Waals surface area contributed by atoms with E-state index in [2.05, 4.69) is 203 Å². The van der Waals surface area contributed by atoms with Crippen molar-refractivity contribution in [2.75, 3.05) is 14.7 Å². The Morgan fingerprint density at radius 1 is 0.286 bits per heavy atom. The number of aromatic nitrogens is 1. The van der Waals surface area contributed by atoms with Crippen molar-refractivity contribution in [3.63, 3.8) is 0 Å². The maximum Gasteiger partial charge on any atom is 0.0945 e. The molecule has 0 unspecified atom stereocenters. The van der Waals surface area contributed by atoms with E-state index in [1.807, 2.05) is 18.3 Å². The van der Waals surface area contributed by atoms with E-state index in [4.69, 9.17) is 4.98 Å². The molecular weight excluding hydrogens is 597 g/mol. The Morgan fingerprint density at radius 3 is 0.959 bits per heavy atom. The van der Waals surface area contributed by atoms with Gasteiger partial charge in [-0.3, -0.25) is 4.98 Å². The van der Waals surface area contributed by atoms with E-state index < -0.39 is 0 Å². The molecule has 0 atom stereocenters. The van der Waals surface area contributed by atoms with Gasteiger partial charge in [0.15, 0.2) is 0 Å². The molecule has 0 N–H and O–H groups in total. The van der Waals surface area contributed by atoms with Gasteiger partial charge >= 0.3 is 0 Å². The highest BCUT2D eigenvalue weighted by molar-refractivity contribution is 6.02. The monoisotopic (exact) mass is 630 g/mol. The predicted molar refractivity (Wildman–Crippen MR) is 206 cm³/mol. The van der Waals surface area contributed by atoms with Crippen molar-refractivity contribution in [2.24, 2.45) is 0 Å². The quantitative estimate of drug-likeness (QED) is 0.158.